The molecule has 0 spiro atoms. The van der Waals surface area contributed by atoms with Gasteiger partial charge < -0.3 is 10.2 Å². The Bertz CT molecular complexity index is 635. The molecule has 2 atom stereocenters. The van der Waals surface area contributed by atoms with E-state index in [0.717, 1.165) is 17.7 Å². The van der Waals surface area contributed by atoms with Crippen LogP contribution in [0.1, 0.15) is 12.5 Å². The summed E-state index contributed by atoms with van der Waals surface area (Å²) in [6.07, 6.45) is 3.33. The normalized spacial score (nSPS) is 28.0. The molecule has 0 bridgehead atoms. The summed E-state index contributed by atoms with van der Waals surface area (Å²) in [5, 5.41) is 18.6. The standard InChI is InChI=1S/C16H15FO4/c1-15(13(18)19)7-8-16(14(20)21,10-12(15)17)9-11-5-3-2-4-6-11/h2-8,10H,9H2,1H3,(H,18,19)(H,20,21). The predicted molar refractivity (Wildman–Crippen MR) is 74.3 cm³/mol. The summed E-state index contributed by atoms with van der Waals surface area (Å²) < 4.78 is 14.2. The molecule has 0 fully saturated rings. The number of halogens is 1. The molecule has 0 saturated carbocycles. The Hall–Kier alpha value is -2.43. The minimum atomic E-state index is -1.81. The molecular formula is C16H15FO4. The molecular weight excluding hydrogens is 275 g/mol. The zero-order valence-corrected chi connectivity index (χ0v) is 11.4. The first kappa shape index (κ1) is 15.0. The van der Waals surface area contributed by atoms with Crippen LogP contribution in [-0.2, 0) is 16.0 Å². The second-order valence-corrected chi connectivity index (χ2v) is 5.34. The van der Waals surface area contributed by atoms with E-state index in [2.05, 4.69) is 0 Å². The van der Waals surface area contributed by atoms with E-state index in [4.69, 9.17) is 5.11 Å². The van der Waals surface area contributed by atoms with E-state index in [0.29, 0.717) is 0 Å². The summed E-state index contributed by atoms with van der Waals surface area (Å²) in [6, 6.07) is 8.81. The van der Waals surface area contributed by atoms with E-state index in [1.54, 1.807) is 30.3 Å². The van der Waals surface area contributed by atoms with E-state index in [1.165, 1.54) is 13.0 Å². The molecule has 2 rings (SSSR count). The maximum atomic E-state index is 14.2. The Morgan fingerprint density at radius 3 is 2.19 bits per heavy atom. The number of hydrogen-bond acceptors (Lipinski definition) is 2. The number of benzene rings is 1. The summed E-state index contributed by atoms with van der Waals surface area (Å²) in [5.41, 5.74) is -2.65. The van der Waals surface area contributed by atoms with E-state index in [1.807, 2.05) is 0 Å². The third kappa shape index (κ3) is 2.59. The fourth-order valence-corrected chi connectivity index (χ4v) is 2.24. The lowest BCUT2D eigenvalue weighted by atomic mass is 9.72. The lowest BCUT2D eigenvalue weighted by molar-refractivity contribution is -0.146. The maximum absolute atomic E-state index is 14.2. The molecule has 2 unspecified atom stereocenters. The molecule has 1 aromatic carbocycles. The first-order valence-corrected chi connectivity index (χ1v) is 6.40. The van der Waals surface area contributed by atoms with Gasteiger partial charge in [-0.25, -0.2) is 4.39 Å². The SMILES string of the molecule is CC1(C(=O)O)C=CC(Cc2ccccc2)(C(=O)O)C=C1F. The topological polar surface area (TPSA) is 74.6 Å². The van der Waals surface area contributed by atoms with Gasteiger partial charge in [0.05, 0.1) is 0 Å². The molecule has 1 aliphatic rings. The van der Waals surface area contributed by atoms with Crippen LogP contribution in [0.4, 0.5) is 4.39 Å². The number of carboxylic acids is 2. The highest BCUT2D eigenvalue weighted by Crippen LogP contribution is 2.42. The van der Waals surface area contributed by atoms with E-state index >= 15 is 0 Å². The van der Waals surface area contributed by atoms with Gasteiger partial charge in [-0.15, -0.1) is 0 Å². The lowest BCUT2D eigenvalue weighted by Gasteiger charge is -2.31. The van der Waals surface area contributed by atoms with Crippen molar-refractivity contribution in [3.05, 3.63) is 60.0 Å². The van der Waals surface area contributed by atoms with Crippen molar-refractivity contribution in [3.63, 3.8) is 0 Å². The Labute approximate surface area is 121 Å². The average molecular weight is 290 g/mol. The predicted octanol–water partition coefficient (Wildman–Crippen LogP) is 2.81. The van der Waals surface area contributed by atoms with Crippen molar-refractivity contribution in [2.75, 3.05) is 0 Å². The quantitative estimate of drug-likeness (QED) is 0.836. The van der Waals surface area contributed by atoms with Gasteiger partial charge in [0.2, 0.25) is 0 Å². The van der Waals surface area contributed by atoms with Crippen LogP contribution in [0.15, 0.2) is 54.4 Å². The number of carbonyl (C=O) groups is 2. The molecule has 4 nitrogen and oxygen atoms in total. The molecule has 0 aliphatic heterocycles. The molecule has 0 saturated heterocycles. The molecule has 1 aliphatic carbocycles. The van der Waals surface area contributed by atoms with Gasteiger partial charge in [-0.2, -0.15) is 0 Å². The third-order valence-electron chi connectivity index (χ3n) is 3.78. The third-order valence-corrected chi connectivity index (χ3v) is 3.78. The summed E-state index contributed by atoms with van der Waals surface area (Å²) in [6.45, 7) is 1.20. The minimum absolute atomic E-state index is 0.0583. The molecule has 5 heteroatoms. The largest absolute Gasteiger partial charge is 0.480 e. The first-order chi connectivity index (χ1) is 9.80. The highest BCUT2D eigenvalue weighted by Gasteiger charge is 2.45. The second kappa shape index (κ2) is 5.16. The van der Waals surface area contributed by atoms with Crippen molar-refractivity contribution in [2.24, 2.45) is 10.8 Å². The molecule has 0 heterocycles. The number of aliphatic carboxylic acids is 2. The number of rotatable bonds is 4. The van der Waals surface area contributed by atoms with Crippen LogP contribution < -0.4 is 0 Å². The van der Waals surface area contributed by atoms with Gasteiger partial charge in [0.15, 0.2) is 0 Å². The van der Waals surface area contributed by atoms with Gasteiger partial charge in [0.25, 0.3) is 0 Å². The molecule has 0 radical (unpaired) electrons. The summed E-state index contributed by atoms with van der Waals surface area (Å²) in [7, 11) is 0. The highest BCUT2D eigenvalue weighted by atomic mass is 19.1. The van der Waals surface area contributed by atoms with Crippen LogP contribution in [0.3, 0.4) is 0 Å². The number of carboxylic acid groups (broad SMARTS) is 2. The highest BCUT2D eigenvalue weighted by molar-refractivity contribution is 5.85. The Morgan fingerprint density at radius 1 is 1.10 bits per heavy atom. The first-order valence-electron chi connectivity index (χ1n) is 6.40. The number of hydrogen-bond donors (Lipinski definition) is 2. The molecule has 110 valence electrons. The van der Waals surface area contributed by atoms with Crippen molar-refractivity contribution in [1.29, 1.82) is 0 Å². The summed E-state index contributed by atoms with van der Waals surface area (Å²) in [5.74, 6) is -3.53. The van der Waals surface area contributed by atoms with Crippen molar-refractivity contribution >= 4 is 11.9 Å². The molecule has 0 amide bonds. The van der Waals surface area contributed by atoms with Crippen LogP contribution >= 0.6 is 0 Å². The van der Waals surface area contributed by atoms with Crippen molar-refractivity contribution in [3.8, 4) is 0 Å². The summed E-state index contributed by atoms with van der Waals surface area (Å²) in [4.78, 5) is 22.7. The van der Waals surface area contributed by atoms with Gasteiger partial charge in [0, 0.05) is 0 Å². The zero-order chi connectivity index (χ0) is 15.7. The molecule has 21 heavy (non-hydrogen) atoms. The van der Waals surface area contributed by atoms with E-state index < -0.39 is 28.6 Å². The molecule has 1 aromatic rings. The van der Waals surface area contributed by atoms with Crippen LogP contribution in [-0.4, -0.2) is 22.2 Å². The zero-order valence-electron chi connectivity index (χ0n) is 11.4. The van der Waals surface area contributed by atoms with E-state index in [-0.39, 0.29) is 6.42 Å². The lowest BCUT2D eigenvalue weighted by Crippen LogP contribution is -2.37. The minimum Gasteiger partial charge on any atom is -0.480 e. The van der Waals surface area contributed by atoms with Crippen LogP contribution in [0, 0.1) is 10.8 Å². The van der Waals surface area contributed by atoms with Crippen molar-refractivity contribution in [1.82, 2.24) is 0 Å². The second-order valence-electron chi connectivity index (χ2n) is 5.34. The monoisotopic (exact) mass is 290 g/mol. The van der Waals surface area contributed by atoms with Crippen LogP contribution in [0.5, 0.6) is 0 Å². The van der Waals surface area contributed by atoms with Gasteiger partial charge in [-0.3, -0.25) is 9.59 Å². The van der Waals surface area contributed by atoms with Crippen LogP contribution in [0.2, 0.25) is 0 Å². The van der Waals surface area contributed by atoms with Gasteiger partial charge in [-0.05, 0) is 25.0 Å². The van der Waals surface area contributed by atoms with Crippen molar-refractivity contribution in [2.45, 2.75) is 13.3 Å². The Kier molecular flexibility index (Phi) is 3.68. The fraction of sp³-hybridized carbons (Fsp3) is 0.250. The summed E-state index contributed by atoms with van der Waals surface area (Å²) >= 11 is 0. The molecule has 2 N–H and O–H groups in total. The Balaban J connectivity index is 2.43. The maximum Gasteiger partial charge on any atom is 0.320 e. The smallest absolute Gasteiger partial charge is 0.320 e. The Morgan fingerprint density at radius 2 is 1.71 bits per heavy atom. The molecule has 0 aromatic heterocycles. The van der Waals surface area contributed by atoms with E-state index in [9.17, 15) is 19.1 Å². The van der Waals surface area contributed by atoms with Gasteiger partial charge in [0.1, 0.15) is 16.7 Å². The van der Waals surface area contributed by atoms with Gasteiger partial charge in [-0.1, -0.05) is 42.5 Å². The van der Waals surface area contributed by atoms with Crippen LogP contribution in [0.25, 0.3) is 0 Å². The van der Waals surface area contributed by atoms with Crippen molar-refractivity contribution < 1.29 is 24.2 Å². The average Bonchev–Trinajstić information content (AvgIpc) is 2.44. The van der Waals surface area contributed by atoms with Gasteiger partial charge >= 0.3 is 11.9 Å². The fourth-order valence-electron chi connectivity index (χ4n) is 2.24.